The van der Waals surface area contributed by atoms with Gasteiger partial charge in [0, 0.05) is 6.54 Å². The predicted octanol–water partition coefficient (Wildman–Crippen LogP) is 1.79. The highest BCUT2D eigenvalue weighted by Crippen LogP contribution is 2.41. The smallest absolute Gasteiger partial charge is 0.0648 e. The number of hydrogen-bond acceptors (Lipinski definition) is 3. The fourth-order valence-corrected chi connectivity index (χ4v) is 2.28. The fraction of sp³-hybridized carbons (Fsp3) is 0.600. The average molecular weight is 249 g/mol. The molecule has 100 valence electrons. The van der Waals surface area contributed by atoms with Crippen LogP contribution in [0.5, 0.6) is 0 Å². The Bertz CT molecular complexity index is 376. The van der Waals surface area contributed by atoms with Crippen molar-refractivity contribution in [2.24, 2.45) is 0 Å². The van der Waals surface area contributed by atoms with Crippen molar-refractivity contribution >= 4 is 0 Å². The molecule has 0 atom stereocenters. The van der Waals surface area contributed by atoms with Gasteiger partial charge >= 0.3 is 0 Å². The van der Waals surface area contributed by atoms with Crippen molar-refractivity contribution in [3.05, 3.63) is 35.4 Å². The molecule has 18 heavy (non-hydrogen) atoms. The predicted molar refractivity (Wildman–Crippen MR) is 72.5 cm³/mol. The van der Waals surface area contributed by atoms with Gasteiger partial charge in [0.15, 0.2) is 0 Å². The van der Waals surface area contributed by atoms with Crippen molar-refractivity contribution in [3.63, 3.8) is 0 Å². The van der Waals surface area contributed by atoms with E-state index >= 15 is 0 Å². The van der Waals surface area contributed by atoms with E-state index in [0.29, 0.717) is 13.0 Å². The highest BCUT2D eigenvalue weighted by atomic mass is 16.3. The van der Waals surface area contributed by atoms with E-state index in [0.717, 1.165) is 5.92 Å². The minimum absolute atomic E-state index is 0.0361. The molecular weight excluding hydrogens is 226 g/mol. The van der Waals surface area contributed by atoms with E-state index in [1.54, 1.807) is 0 Å². The van der Waals surface area contributed by atoms with Crippen molar-refractivity contribution in [1.82, 2.24) is 5.32 Å². The van der Waals surface area contributed by atoms with Gasteiger partial charge in [-0.15, -0.1) is 0 Å². The van der Waals surface area contributed by atoms with Crippen molar-refractivity contribution in [3.8, 4) is 0 Å². The fourth-order valence-electron chi connectivity index (χ4n) is 2.28. The monoisotopic (exact) mass is 249 g/mol. The molecule has 0 spiro atoms. The average Bonchev–Trinajstić information content (AvgIpc) is 3.26. The number of rotatable bonds is 7. The second kappa shape index (κ2) is 5.83. The summed E-state index contributed by atoms with van der Waals surface area (Å²) < 4.78 is 0. The molecule has 1 fully saturated rings. The lowest BCUT2D eigenvalue weighted by Crippen LogP contribution is -2.50. The van der Waals surface area contributed by atoms with Gasteiger partial charge in [-0.1, -0.05) is 31.2 Å². The van der Waals surface area contributed by atoms with E-state index in [-0.39, 0.29) is 13.2 Å². The Balaban J connectivity index is 2.05. The first-order valence-corrected chi connectivity index (χ1v) is 6.79. The molecule has 0 aliphatic heterocycles. The molecule has 3 heteroatoms. The summed E-state index contributed by atoms with van der Waals surface area (Å²) in [5.41, 5.74) is 2.15. The first kappa shape index (κ1) is 13.5. The summed E-state index contributed by atoms with van der Waals surface area (Å²) in [6, 6.07) is 8.47. The molecule has 0 bridgehead atoms. The van der Waals surface area contributed by atoms with Crippen LogP contribution in [0, 0.1) is 0 Å². The highest BCUT2D eigenvalue weighted by molar-refractivity contribution is 5.33. The van der Waals surface area contributed by atoms with Gasteiger partial charge in [0.25, 0.3) is 0 Å². The summed E-state index contributed by atoms with van der Waals surface area (Å²) in [6.45, 7) is 2.62. The van der Waals surface area contributed by atoms with Crippen molar-refractivity contribution in [2.75, 3.05) is 13.2 Å². The topological polar surface area (TPSA) is 52.5 Å². The van der Waals surface area contributed by atoms with Gasteiger partial charge in [0.05, 0.1) is 18.8 Å². The Labute approximate surface area is 109 Å². The maximum absolute atomic E-state index is 9.42. The number of hydrogen-bond donors (Lipinski definition) is 3. The highest BCUT2D eigenvalue weighted by Gasteiger charge is 2.28. The van der Waals surface area contributed by atoms with Crippen LogP contribution in [-0.4, -0.2) is 29.0 Å². The van der Waals surface area contributed by atoms with Crippen molar-refractivity contribution < 1.29 is 10.2 Å². The molecule has 0 unspecified atom stereocenters. The summed E-state index contributed by atoms with van der Waals surface area (Å²) in [6.07, 6.45) is 3.29. The molecule has 1 aromatic rings. The van der Waals surface area contributed by atoms with E-state index in [9.17, 15) is 10.2 Å². The molecule has 0 radical (unpaired) electrons. The second-order valence-corrected chi connectivity index (χ2v) is 5.28. The van der Waals surface area contributed by atoms with Crippen LogP contribution in [0.2, 0.25) is 0 Å². The van der Waals surface area contributed by atoms with Gasteiger partial charge in [-0.3, -0.25) is 0 Å². The number of aliphatic hydroxyl groups is 2. The van der Waals surface area contributed by atoms with E-state index in [1.807, 2.05) is 6.92 Å². The molecular formula is C15H23NO2. The molecule has 2 rings (SSSR count). The SMILES string of the molecule is CCC(CO)(CO)NCc1ccccc1C1CC1. The maximum atomic E-state index is 9.42. The van der Waals surface area contributed by atoms with Gasteiger partial charge in [-0.05, 0) is 36.3 Å². The van der Waals surface area contributed by atoms with E-state index in [2.05, 4.69) is 29.6 Å². The van der Waals surface area contributed by atoms with Crippen LogP contribution >= 0.6 is 0 Å². The Morgan fingerprint density at radius 1 is 1.22 bits per heavy atom. The number of nitrogens with one attached hydrogen (secondary N) is 1. The molecule has 3 nitrogen and oxygen atoms in total. The zero-order valence-electron chi connectivity index (χ0n) is 11.0. The number of aliphatic hydroxyl groups excluding tert-OH is 2. The third kappa shape index (κ3) is 2.91. The quantitative estimate of drug-likeness (QED) is 0.690. The zero-order chi connectivity index (χ0) is 13.0. The van der Waals surface area contributed by atoms with E-state index < -0.39 is 5.54 Å². The molecule has 1 aliphatic carbocycles. The lowest BCUT2D eigenvalue weighted by molar-refractivity contribution is 0.0863. The van der Waals surface area contributed by atoms with Gasteiger partial charge < -0.3 is 15.5 Å². The molecule has 1 aliphatic rings. The van der Waals surface area contributed by atoms with Crippen LogP contribution in [0.3, 0.4) is 0 Å². The molecule has 0 aromatic heterocycles. The van der Waals surface area contributed by atoms with Crippen molar-refractivity contribution in [2.45, 2.75) is 44.2 Å². The molecule has 0 saturated heterocycles. The first-order valence-electron chi connectivity index (χ1n) is 6.79. The van der Waals surface area contributed by atoms with Gasteiger partial charge in [0.2, 0.25) is 0 Å². The van der Waals surface area contributed by atoms with Crippen LogP contribution < -0.4 is 5.32 Å². The largest absolute Gasteiger partial charge is 0.394 e. The van der Waals surface area contributed by atoms with Crippen LogP contribution in [0.1, 0.15) is 43.2 Å². The first-order chi connectivity index (χ1) is 8.74. The summed E-state index contributed by atoms with van der Waals surface area (Å²) >= 11 is 0. The van der Waals surface area contributed by atoms with Crippen LogP contribution in [-0.2, 0) is 6.54 Å². The number of benzene rings is 1. The Morgan fingerprint density at radius 2 is 1.89 bits per heavy atom. The van der Waals surface area contributed by atoms with E-state index in [4.69, 9.17) is 0 Å². The normalized spacial score (nSPS) is 15.9. The van der Waals surface area contributed by atoms with Crippen molar-refractivity contribution in [1.29, 1.82) is 0 Å². The van der Waals surface area contributed by atoms with Gasteiger partial charge in [-0.25, -0.2) is 0 Å². The standard InChI is InChI=1S/C15H23NO2/c1-2-15(10-17,11-18)16-9-13-5-3-4-6-14(13)12-7-8-12/h3-6,12,16-18H,2,7-11H2,1H3. The van der Waals surface area contributed by atoms with Gasteiger partial charge in [0.1, 0.15) is 0 Å². The lowest BCUT2D eigenvalue weighted by Gasteiger charge is -2.30. The summed E-state index contributed by atoms with van der Waals surface area (Å²) in [5.74, 6) is 0.724. The molecule has 1 aromatic carbocycles. The lowest BCUT2D eigenvalue weighted by atomic mass is 9.96. The third-order valence-electron chi connectivity index (χ3n) is 4.01. The van der Waals surface area contributed by atoms with Crippen LogP contribution in [0.25, 0.3) is 0 Å². The minimum Gasteiger partial charge on any atom is -0.394 e. The molecule has 0 amide bonds. The maximum Gasteiger partial charge on any atom is 0.0648 e. The molecule has 3 N–H and O–H groups in total. The molecule has 1 saturated carbocycles. The Hall–Kier alpha value is -0.900. The minimum atomic E-state index is -0.559. The van der Waals surface area contributed by atoms with Gasteiger partial charge in [-0.2, -0.15) is 0 Å². The Kier molecular flexibility index (Phi) is 4.38. The van der Waals surface area contributed by atoms with E-state index in [1.165, 1.54) is 24.0 Å². The summed E-state index contributed by atoms with van der Waals surface area (Å²) in [5, 5.41) is 22.2. The van der Waals surface area contributed by atoms with Crippen LogP contribution in [0.15, 0.2) is 24.3 Å². The Morgan fingerprint density at radius 3 is 2.44 bits per heavy atom. The molecule has 0 heterocycles. The summed E-state index contributed by atoms with van der Waals surface area (Å²) in [4.78, 5) is 0. The third-order valence-corrected chi connectivity index (χ3v) is 4.01. The summed E-state index contributed by atoms with van der Waals surface area (Å²) in [7, 11) is 0. The van der Waals surface area contributed by atoms with Crippen LogP contribution in [0.4, 0.5) is 0 Å². The second-order valence-electron chi connectivity index (χ2n) is 5.28. The zero-order valence-corrected chi connectivity index (χ0v) is 11.0.